The van der Waals surface area contributed by atoms with Crippen LogP contribution in [0.5, 0.6) is 0 Å². The monoisotopic (exact) mass is 288 g/mol. The third kappa shape index (κ3) is 5.23. The highest BCUT2D eigenvalue weighted by molar-refractivity contribution is 7.80. The molecule has 1 aromatic rings. The molecule has 0 atom stereocenters. The molecular weight excluding hydrogens is 264 g/mol. The Morgan fingerprint density at radius 3 is 2.50 bits per heavy atom. The molecule has 108 valence electrons. The minimum Gasteiger partial charge on any atom is -0.378 e. The first-order chi connectivity index (χ1) is 9.78. The molecule has 0 saturated heterocycles. The van der Waals surface area contributed by atoms with Gasteiger partial charge in [0, 0.05) is 23.0 Å². The van der Waals surface area contributed by atoms with Gasteiger partial charge in [0.1, 0.15) is 0 Å². The Labute approximate surface area is 128 Å². The number of unbranched alkanes of at least 4 members (excludes halogenated alkanes) is 1. The van der Waals surface area contributed by atoms with E-state index in [9.17, 15) is 0 Å². The first kappa shape index (κ1) is 15.5. The zero-order valence-electron chi connectivity index (χ0n) is 12.3. The summed E-state index contributed by atoms with van der Waals surface area (Å²) in [5.74, 6) is 7.24. The summed E-state index contributed by atoms with van der Waals surface area (Å²) in [6, 6.07) is 8.06. The van der Waals surface area contributed by atoms with Crippen LogP contribution in [0.1, 0.15) is 51.0 Å². The lowest BCUT2D eigenvalue weighted by molar-refractivity contribution is 0.0216. The first-order valence-electron chi connectivity index (χ1n) is 7.70. The zero-order chi connectivity index (χ0) is 14.2. The fourth-order valence-electron chi connectivity index (χ4n) is 2.50. The third-order valence-electron chi connectivity index (χ3n) is 3.81. The van der Waals surface area contributed by atoms with Gasteiger partial charge in [-0.05, 0) is 56.4 Å². The number of hydrogen-bond acceptors (Lipinski definition) is 2. The van der Waals surface area contributed by atoms with Gasteiger partial charge in [0.25, 0.3) is 0 Å². The van der Waals surface area contributed by atoms with Gasteiger partial charge in [-0.15, -0.1) is 12.6 Å². The average Bonchev–Trinajstić information content (AvgIpc) is 2.48. The molecule has 0 unspecified atom stereocenters. The largest absolute Gasteiger partial charge is 0.378 e. The maximum atomic E-state index is 5.89. The lowest BCUT2D eigenvalue weighted by Gasteiger charge is -2.25. The first-order valence-corrected chi connectivity index (χ1v) is 8.15. The highest BCUT2D eigenvalue weighted by atomic mass is 32.1. The average molecular weight is 288 g/mol. The Balaban J connectivity index is 1.76. The summed E-state index contributed by atoms with van der Waals surface area (Å²) >= 11 is 4.28. The summed E-state index contributed by atoms with van der Waals surface area (Å²) in [6.07, 6.45) is 7.55. The molecule has 0 aliphatic heterocycles. The number of ether oxygens (including phenoxy) is 1. The quantitative estimate of drug-likeness (QED) is 0.480. The highest BCUT2D eigenvalue weighted by Crippen LogP contribution is 2.26. The normalized spacial score (nSPS) is 22.1. The molecule has 0 heterocycles. The van der Waals surface area contributed by atoms with Gasteiger partial charge in [-0.2, -0.15) is 0 Å². The van der Waals surface area contributed by atoms with Crippen LogP contribution in [0.15, 0.2) is 29.2 Å². The lowest BCUT2D eigenvalue weighted by atomic mass is 9.87. The van der Waals surface area contributed by atoms with Gasteiger partial charge in [-0.25, -0.2) is 0 Å². The Morgan fingerprint density at radius 1 is 1.15 bits per heavy atom. The zero-order valence-corrected chi connectivity index (χ0v) is 13.2. The lowest BCUT2D eigenvalue weighted by Crippen LogP contribution is -2.21. The van der Waals surface area contributed by atoms with E-state index in [1.165, 1.54) is 38.5 Å². The van der Waals surface area contributed by atoms with Crippen molar-refractivity contribution in [3.05, 3.63) is 29.8 Å². The molecule has 1 nitrogen and oxygen atoms in total. The Hall–Kier alpha value is -0.910. The van der Waals surface area contributed by atoms with Crippen LogP contribution in [-0.4, -0.2) is 12.7 Å². The summed E-state index contributed by atoms with van der Waals surface area (Å²) in [5.41, 5.74) is 1.09. The second kappa shape index (κ2) is 8.39. The van der Waals surface area contributed by atoms with Crippen molar-refractivity contribution in [3.8, 4) is 11.8 Å². The van der Waals surface area contributed by atoms with E-state index in [0.29, 0.717) is 12.0 Å². The van der Waals surface area contributed by atoms with Crippen LogP contribution in [0, 0.1) is 17.8 Å². The van der Waals surface area contributed by atoms with Crippen LogP contribution in [0.4, 0.5) is 0 Å². The van der Waals surface area contributed by atoms with Crippen molar-refractivity contribution in [2.45, 2.75) is 56.4 Å². The van der Waals surface area contributed by atoms with Crippen LogP contribution in [0.3, 0.4) is 0 Å². The predicted octanol–water partition coefficient (Wildman–Crippen LogP) is 4.70. The van der Waals surface area contributed by atoms with E-state index in [4.69, 9.17) is 4.74 Å². The molecule has 1 fully saturated rings. The summed E-state index contributed by atoms with van der Waals surface area (Å²) in [4.78, 5) is 0.986. The molecule has 0 aromatic heterocycles. The van der Waals surface area contributed by atoms with E-state index in [0.717, 1.165) is 17.1 Å². The van der Waals surface area contributed by atoms with Crippen molar-refractivity contribution < 1.29 is 4.74 Å². The minimum atomic E-state index is 0.475. The number of benzene rings is 1. The fourth-order valence-corrected chi connectivity index (χ4v) is 2.65. The fraction of sp³-hybridized carbons (Fsp3) is 0.556. The van der Waals surface area contributed by atoms with Crippen molar-refractivity contribution in [2.75, 3.05) is 6.61 Å². The van der Waals surface area contributed by atoms with Gasteiger partial charge in [-0.3, -0.25) is 0 Å². The van der Waals surface area contributed by atoms with Crippen LogP contribution < -0.4 is 0 Å². The molecule has 0 bridgehead atoms. The molecule has 1 aromatic carbocycles. The second-order valence-corrected chi connectivity index (χ2v) is 6.03. The Morgan fingerprint density at radius 2 is 1.85 bits per heavy atom. The van der Waals surface area contributed by atoms with E-state index >= 15 is 0 Å². The van der Waals surface area contributed by atoms with Gasteiger partial charge in [0.2, 0.25) is 0 Å². The summed E-state index contributed by atoms with van der Waals surface area (Å²) in [7, 11) is 0. The standard InChI is InChI=1S/C18H24OS/c1-2-3-14-19-17-10-6-15(7-11-17)4-5-16-8-12-18(20)13-9-16/h8-9,12-13,15,17,20H,2-3,6-7,10-11,14H2,1H3. The molecular formula is C18H24OS. The van der Waals surface area contributed by atoms with Gasteiger partial charge >= 0.3 is 0 Å². The van der Waals surface area contributed by atoms with E-state index in [1.54, 1.807) is 0 Å². The van der Waals surface area contributed by atoms with Gasteiger partial charge in [0.15, 0.2) is 0 Å². The van der Waals surface area contributed by atoms with Crippen LogP contribution in [-0.2, 0) is 4.74 Å². The van der Waals surface area contributed by atoms with Gasteiger partial charge in [0.05, 0.1) is 6.10 Å². The van der Waals surface area contributed by atoms with E-state index < -0.39 is 0 Å². The second-order valence-electron chi connectivity index (χ2n) is 5.51. The van der Waals surface area contributed by atoms with E-state index in [2.05, 4.69) is 31.4 Å². The van der Waals surface area contributed by atoms with Crippen LogP contribution >= 0.6 is 12.6 Å². The molecule has 1 aliphatic rings. The van der Waals surface area contributed by atoms with E-state index in [1.807, 2.05) is 24.3 Å². The number of hydrogen-bond donors (Lipinski definition) is 1. The Kier molecular flexibility index (Phi) is 6.50. The Bertz CT molecular complexity index is 447. The minimum absolute atomic E-state index is 0.475. The van der Waals surface area contributed by atoms with Crippen LogP contribution in [0.25, 0.3) is 0 Å². The maximum Gasteiger partial charge on any atom is 0.0576 e. The summed E-state index contributed by atoms with van der Waals surface area (Å²) in [5, 5.41) is 0. The van der Waals surface area contributed by atoms with Crippen molar-refractivity contribution >= 4 is 12.6 Å². The third-order valence-corrected chi connectivity index (χ3v) is 4.11. The molecule has 2 rings (SSSR count). The topological polar surface area (TPSA) is 9.23 Å². The molecule has 1 aliphatic carbocycles. The smallest absolute Gasteiger partial charge is 0.0576 e. The molecule has 0 amide bonds. The molecule has 20 heavy (non-hydrogen) atoms. The molecule has 0 spiro atoms. The van der Waals surface area contributed by atoms with Crippen molar-refractivity contribution in [2.24, 2.45) is 5.92 Å². The predicted molar refractivity (Wildman–Crippen MR) is 87.2 cm³/mol. The summed E-state index contributed by atoms with van der Waals surface area (Å²) < 4.78 is 5.89. The molecule has 2 heteroatoms. The van der Waals surface area contributed by atoms with Gasteiger partial charge in [-0.1, -0.05) is 25.2 Å². The molecule has 0 N–H and O–H groups in total. The van der Waals surface area contributed by atoms with Crippen molar-refractivity contribution in [3.63, 3.8) is 0 Å². The number of thiol groups is 1. The maximum absolute atomic E-state index is 5.89. The molecule has 0 radical (unpaired) electrons. The van der Waals surface area contributed by atoms with E-state index in [-0.39, 0.29) is 0 Å². The summed E-state index contributed by atoms with van der Waals surface area (Å²) in [6.45, 7) is 3.13. The van der Waals surface area contributed by atoms with Crippen molar-refractivity contribution in [1.82, 2.24) is 0 Å². The highest BCUT2D eigenvalue weighted by Gasteiger charge is 2.19. The number of rotatable bonds is 4. The van der Waals surface area contributed by atoms with Crippen molar-refractivity contribution in [1.29, 1.82) is 0 Å². The SMILES string of the molecule is CCCCOC1CCC(C#Cc2ccc(S)cc2)CC1. The molecule has 1 saturated carbocycles. The van der Waals surface area contributed by atoms with Gasteiger partial charge < -0.3 is 4.74 Å². The van der Waals surface area contributed by atoms with Crippen LogP contribution in [0.2, 0.25) is 0 Å².